The van der Waals surface area contributed by atoms with Crippen LogP contribution in [0.5, 0.6) is 0 Å². The van der Waals surface area contributed by atoms with Crippen LogP contribution < -0.4 is 0 Å². The van der Waals surface area contributed by atoms with E-state index in [1.54, 1.807) is 0 Å². The molecule has 0 aromatic carbocycles. The Morgan fingerprint density at radius 1 is 1.55 bits per heavy atom. The molecule has 0 radical (unpaired) electrons. The summed E-state index contributed by atoms with van der Waals surface area (Å²) in [6.45, 7) is 5.09. The van der Waals surface area contributed by atoms with Gasteiger partial charge in [0.25, 0.3) is 0 Å². The summed E-state index contributed by atoms with van der Waals surface area (Å²) >= 11 is 0. The largest absolute Gasteiger partial charge is 0.369 e. The molecule has 1 aliphatic heterocycles. The van der Waals surface area contributed by atoms with Crippen molar-refractivity contribution in [1.29, 1.82) is 0 Å². The van der Waals surface area contributed by atoms with Gasteiger partial charge in [0, 0.05) is 6.61 Å². The van der Waals surface area contributed by atoms with E-state index in [1.807, 2.05) is 0 Å². The van der Waals surface area contributed by atoms with Gasteiger partial charge in [-0.05, 0) is 19.3 Å². The normalized spacial score (nSPS) is 35.2. The summed E-state index contributed by atoms with van der Waals surface area (Å²) in [6, 6.07) is 1.12. The Morgan fingerprint density at radius 3 is 2.73 bits per heavy atom. The van der Waals surface area contributed by atoms with Crippen molar-refractivity contribution in [3.8, 4) is 0 Å². The Bertz CT molecular complexity index is 121. The molecule has 1 heterocycles. The molecule has 0 aliphatic carbocycles. The maximum absolute atomic E-state index is 9.98. The van der Waals surface area contributed by atoms with Gasteiger partial charge in [-0.25, -0.2) is 0 Å². The molecule has 11 heavy (non-hydrogen) atoms. The fraction of sp³-hybridized carbons (Fsp3) is 1.00. The summed E-state index contributed by atoms with van der Waals surface area (Å²) in [5, 5.41) is 9.98. The lowest BCUT2D eigenvalue weighted by Gasteiger charge is -2.36. The van der Waals surface area contributed by atoms with Crippen molar-refractivity contribution >= 4 is 8.80 Å². The first-order valence-electron chi connectivity index (χ1n) is 4.55. The Hall–Kier alpha value is 0.137. The lowest BCUT2D eigenvalue weighted by Crippen LogP contribution is -2.48. The van der Waals surface area contributed by atoms with Gasteiger partial charge in [0.05, 0.1) is 0 Å². The van der Waals surface area contributed by atoms with Gasteiger partial charge in [0.2, 0.25) is 0 Å². The highest BCUT2D eigenvalue weighted by molar-refractivity contribution is 6.59. The van der Waals surface area contributed by atoms with E-state index in [4.69, 9.17) is 4.74 Å². The Kier molecular flexibility index (Phi) is 3.10. The van der Waals surface area contributed by atoms with E-state index in [-0.39, 0.29) is 0 Å². The van der Waals surface area contributed by atoms with Gasteiger partial charge in [-0.1, -0.05) is 19.5 Å². The van der Waals surface area contributed by atoms with Gasteiger partial charge in [0.1, 0.15) is 14.2 Å². The van der Waals surface area contributed by atoms with E-state index >= 15 is 0 Å². The molecule has 1 rings (SSSR count). The maximum atomic E-state index is 9.98. The molecular weight excluding hydrogens is 156 g/mol. The minimum absolute atomic E-state index is 0.674. The van der Waals surface area contributed by atoms with Crippen molar-refractivity contribution < 1.29 is 9.84 Å². The zero-order valence-corrected chi connectivity index (χ0v) is 8.62. The van der Waals surface area contributed by atoms with Gasteiger partial charge in [-0.2, -0.15) is 0 Å². The maximum Gasteiger partial charge on any atom is 0.145 e. The first-order valence-corrected chi connectivity index (χ1v) is 7.10. The smallest absolute Gasteiger partial charge is 0.145 e. The highest BCUT2D eigenvalue weighted by atomic mass is 28.3. The van der Waals surface area contributed by atoms with Gasteiger partial charge < -0.3 is 9.84 Å². The van der Waals surface area contributed by atoms with Crippen LogP contribution in [0.2, 0.25) is 12.6 Å². The van der Waals surface area contributed by atoms with E-state index in [1.165, 1.54) is 0 Å². The number of hydrogen-bond acceptors (Lipinski definition) is 2. The number of hydrogen-bond donors (Lipinski definition) is 1. The van der Waals surface area contributed by atoms with Crippen LogP contribution in [0.3, 0.4) is 0 Å². The highest BCUT2D eigenvalue weighted by Crippen LogP contribution is 2.26. The van der Waals surface area contributed by atoms with Crippen molar-refractivity contribution in [2.24, 2.45) is 0 Å². The third kappa shape index (κ3) is 2.04. The zero-order valence-electron chi connectivity index (χ0n) is 7.47. The number of rotatable bonds is 2. The number of ether oxygens (including phenoxy) is 1. The van der Waals surface area contributed by atoms with Crippen LogP contribution in [0.15, 0.2) is 0 Å². The van der Waals surface area contributed by atoms with Gasteiger partial charge in [-0.3, -0.25) is 0 Å². The molecule has 0 aromatic heterocycles. The molecule has 2 atom stereocenters. The van der Waals surface area contributed by atoms with E-state index in [0.717, 1.165) is 31.9 Å². The molecule has 66 valence electrons. The molecule has 0 bridgehead atoms. The second kappa shape index (κ2) is 3.69. The molecular formula is C8H18O2Si. The third-order valence-electron chi connectivity index (χ3n) is 2.66. The summed E-state index contributed by atoms with van der Waals surface area (Å²) in [6.07, 6.45) is 3.12. The summed E-state index contributed by atoms with van der Waals surface area (Å²) in [5.41, 5.74) is -0.674. The van der Waals surface area contributed by atoms with Crippen LogP contribution in [0.1, 0.15) is 26.2 Å². The van der Waals surface area contributed by atoms with Crippen molar-refractivity contribution in [2.75, 3.05) is 6.61 Å². The van der Waals surface area contributed by atoms with Gasteiger partial charge in [0.15, 0.2) is 0 Å². The molecule has 1 N–H and O–H groups in total. The second-order valence-electron chi connectivity index (χ2n) is 3.46. The average molecular weight is 174 g/mol. The van der Waals surface area contributed by atoms with Crippen LogP contribution in [-0.2, 0) is 4.74 Å². The van der Waals surface area contributed by atoms with Gasteiger partial charge in [-0.15, -0.1) is 0 Å². The summed E-state index contributed by atoms with van der Waals surface area (Å²) in [5.74, 6) is 0. The van der Waals surface area contributed by atoms with E-state index in [2.05, 4.69) is 13.5 Å². The van der Waals surface area contributed by atoms with Crippen LogP contribution in [0, 0.1) is 0 Å². The van der Waals surface area contributed by atoms with Crippen molar-refractivity contribution in [2.45, 2.75) is 44.2 Å². The molecule has 0 amide bonds. The molecule has 0 spiro atoms. The standard InChI is InChI=1S/C8H18O2Si/c1-3-11(2)8(9)6-4-5-7-10-8/h9,11H,3-7H2,1-2H3. The molecule has 2 unspecified atom stereocenters. The SMILES string of the molecule is CC[SiH](C)C1(O)CCCCO1. The van der Waals surface area contributed by atoms with Crippen LogP contribution in [-0.4, -0.2) is 25.9 Å². The topological polar surface area (TPSA) is 29.5 Å². The molecule has 2 nitrogen and oxygen atoms in total. The van der Waals surface area contributed by atoms with Crippen LogP contribution >= 0.6 is 0 Å². The van der Waals surface area contributed by atoms with Crippen LogP contribution in [0.4, 0.5) is 0 Å². The Morgan fingerprint density at radius 2 is 2.27 bits per heavy atom. The van der Waals surface area contributed by atoms with E-state index < -0.39 is 14.2 Å². The quantitative estimate of drug-likeness (QED) is 0.639. The number of aliphatic hydroxyl groups is 1. The first kappa shape index (κ1) is 9.23. The molecule has 1 saturated heterocycles. The van der Waals surface area contributed by atoms with Crippen molar-refractivity contribution in [1.82, 2.24) is 0 Å². The second-order valence-corrected chi connectivity index (χ2v) is 6.98. The predicted molar refractivity (Wildman–Crippen MR) is 48.2 cm³/mol. The lowest BCUT2D eigenvalue weighted by atomic mass is 10.2. The van der Waals surface area contributed by atoms with Crippen LogP contribution in [0.25, 0.3) is 0 Å². The van der Waals surface area contributed by atoms with Gasteiger partial charge >= 0.3 is 0 Å². The fourth-order valence-corrected chi connectivity index (χ4v) is 3.25. The molecule has 0 aromatic rings. The minimum atomic E-state index is -1.04. The third-order valence-corrected chi connectivity index (χ3v) is 5.88. The summed E-state index contributed by atoms with van der Waals surface area (Å²) < 4.78 is 5.44. The summed E-state index contributed by atoms with van der Waals surface area (Å²) in [4.78, 5) is 0. The fourth-order valence-electron chi connectivity index (χ4n) is 1.51. The zero-order chi connectivity index (χ0) is 8.32. The lowest BCUT2D eigenvalue weighted by molar-refractivity contribution is -0.167. The Labute approximate surface area is 70.2 Å². The molecule has 1 aliphatic rings. The van der Waals surface area contributed by atoms with Crippen molar-refractivity contribution in [3.05, 3.63) is 0 Å². The predicted octanol–water partition coefficient (Wildman–Crippen LogP) is 1.29. The highest BCUT2D eigenvalue weighted by Gasteiger charge is 2.35. The summed E-state index contributed by atoms with van der Waals surface area (Å²) in [7, 11) is -1.04. The average Bonchev–Trinajstić information content (AvgIpc) is 2.04. The molecule has 1 fully saturated rings. The van der Waals surface area contributed by atoms with E-state index in [9.17, 15) is 5.11 Å². The molecule has 3 heteroatoms. The first-order chi connectivity index (χ1) is 5.19. The minimum Gasteiger partial charge on any atom is -0.369 e. The monoisotopic (exact) mass is 174 g/mol. The Balaban J connectivity index is 2.49. The van der Waals surface area contributed by atoms with E-state index in [0.29, 0.717) is 0 Å². The van der Waals surface area contributed by atoms with Crippen molar-refractivity contribution in [3.63, 3.8) is 0 Å². The molecule has 0 saturated carbocycles.